The molecule has 0 saturated heterocycles. The van der Waals surface area contributed by atoms with Crippen molar-refractivity contribution in [3.63, 3.8) is 0 Å². The van der Waals surface area contributed by atoms with Crippen molar-refractivity contribution in [1.82, 2.24) is 10.6 Å². The van der Waals surface area contributed by atoms with E-state index in [0.717, 1.165) is 0 Å². The molecule has 0 spiro atoms. The second-order valence-electron chi connectivity index (χ2n) is 3.15. The topological polar surface area (TPSA) is 99.5 Å². The standard InChI is InChI=1S/C9H19N7S2.Cu/c1-6(13-15-8(17)11-3)7(2)14-16-9(18)12-5-4-10;/h4-5,10H2,1-3H3,(H2,11,15,17)(H2,12,16,18);/q;+2/p-2/b13-6+,14-7+;. The molecule has 0 unspecified atom stereocenters. The molecule has 7 nitrogen and oxygen atoms in total. The molecule has 0 bridgehead atoms. The molecule has 111 valence electrons. The molecular formula is C9H17CuN7S2. The predicted octanol–water partition coefficient (Wildman–Crippen LogP) is -0.691. The first kappa shape index (κ1) is 20.5. The Labute approximate surface area is 135 Å². The molecule has 0 rings (SSSR count). The van der Waals surface area contributed by atoms with E-state index in [-0.39, 0.29) is 22.2 Å². The number of rotatable bonds is 5. The minimum atomic E-state index is 0. The second-order valence-corrected chi connectivity index (χ2v) is 3.92. The van der Waals surface area contributed by atoms with Crippen molar-refractivity contribution in [2.45, 2.75) is 13.8 Å². The maximum atomic E-state index is 5.31. The molecule has 0 aliphatic heterocycles. The molecule has 0 heterocycles. The van der Waals surface area contributed by atoms with Gasteiger partial charge in [0.15, 0.2) is 0 Å². The number of amidine groups is 2. The van der Waals surface area contributed by atoms with Crippen LogP contribution in [0.3, 0.4) is 0 Å². The minimum absolute atomic E-state index is 0. The fraction of sp³-hybridized carbons (Fsp3) is 0.556. The van der Waals surface area contributed by atoms with Gasteiger partial charge in [0.05, 0.1) is 11.4 Å². The van der Waals surface area contributed by atoms with Crippen molar-refractivity contribution in [1.29, 1.82) is 0 Å². The Balaban J connectivity index is 0. The minimum Gasteiger partial charge on any atom is -0.741 e. The van der Waals surface area contributed by atoms with Gasteiger partial charge in [-0.2, -0.15) is 20.4 Å². The van der Waals surface area contributed by atoms with Crippen molar-refractivity contribution in [2.24, 2.45) is 26.1 Å². The number of nitrogens with one attached hydrogen (secondary N) is 2. The van der Waals surface area contributed by atoms with Crippen molar-refractivity contribution in [2.75, 3.05) is 20.1 Å². The summed E-state index contributed by atoms with van der Waals surface area (Å²) >= 11 is 9.74. The van der Waals surface area contributed by atoms with E-state index < -0.39 is 0 Å². The zero-order valence-electron chi connectivity index (χ0n) is 10.9. The Bertz CT molecular complexity index is 379. The van der Waals surface area contributed by atoms with Gasteiger partial charge in [0.2, 0.25) is 0 Å². The SMILES string of the molecule is CN/C([S-])=N/N=C(C)/C(C)=N/N=C(\[S-])NCCN.[Cu+2]. The van der Waals surface area contributed by atoms with Crippen LogP contribution in [0.15, 0.2) is 20.4 Å². The zero-order valence-corrected chi connectivity index (χ0v) is 13.5. The van der Waals surface area contributed by atoms with Crippen LogP contribution < -0.4 is 16.4 Å². The van der Waals surface area contributed by atoms with Gasteiger partial charge in [0, 0.05) is 20.1 Å². The Morgan fingerprint density at radius 2 is 1.47 bits per heavy atom. The van der Waals surface area contributed by atoms with E-state index in [9.17, 15) is 0 Å². The number of nitrogens with two attached hydrogens (primary N) is 1. The summed E-state index contributed by atoms with van der Waals surface area (Å²) in [5, 5.41) is 21.5. The molecule has 0 aromatic carbocycles. The smallest absolute Gasteiger partial charge is 0.741 e. The third-order valence-electron chi connectivity index (χ3n) is 1.74. The molecule has 0 atom stereocenters. The van der Waals surface area contributed by atoms with Crippen LogP contribution in [0.5, 0.6) is 0 Å². The van der Waals surface area contributed by atoms with E-state index in [1.807, 2.05) is 0 Å². The van der Waals surface area contributed by atoms with Gasteiger partial charge >= 0.3 is 17.1 Å². The van der Waals surface area contributed by atoms with Crippen LogP contribution in [0.25, 0.3) is 0 Å². The average molecular weight is 351 g/mol. The summed E-state index contributed by atoms with van der Waals surface area (Å²) in [5.74, 6) is 0. The van der Waals surface area contributed by atoms with E-state index >= 15 is 0 Å². The molecule has 0 aromatic heterocycles. The van der Waals surface area contributed by atoms with Crippen LogP contribution >= 0.6 is 0 Å². The monoisotopic (exact) mass is 350 g/mol. The Morgan fingerprint density at radius 1 is 1.00 bits per heavy atom. The van der Waals surface area contributed by atoms with Gasteiger partial charge in [-0.25, -0.2) is 0 Å². The van der Waals surface area contributed by atoms with E-state index in [1.165, 1.54) is 0 Å². The predicted molar refractivity (Wildman–Crippen MR) is 81.9 cm³/mol. The summed E-state index contributed by atoms with van der Waals surface area (Å²) in [4.78, 5) is 0. The normalized spacial score (nSPS) is 13.9. The Morgan fingerprint density at radius 3 is 1.89 bits per heavy atom. The summed E-state index contributed by atoms with van der Waals surface area (Å²) in [7, 11) is 1.68. The van der Waals surface area contributed by atoms with Gasteiger partial charge in [-0.05, 0) is 24.2 Å². The molecule has 4 N–H and O–H groups in total. The maximum absolute atomic E-state index is 5.31. The molecule has 0 aliphatic carbocycles. The van der Waals surface area contributed by atoms with Crippen molar-refractivity contribution >= 4 is 47.0 Å². The molecule has 0 fully saturated rings. The Kier molecular flexibility index (Phi) is 13.2. The molecule has 0 saturated carbocycles. The molecular weight excluding hydrogens is 334 g/mol. The summed E-state index contributed by atoms with van der Waals surface area (Å²) < 4.78 is 0. The fourth-order valence-corrected chi connectivity index (χ4v) is 0.834. The molecule has 0 amide bonds. The van der Waals surface area contributed by atoms with Crippen LogP contribution in [0.1, 0.15) is 13.8 Å². The van der Waals surface area contributed by atoms with Gasteiger partial charge in [-0.1, -0.05) is 0 Å². The molecule has 1 radical (unpaired) electrons. The first-order valence-electron chi connectivity index (χ1n) is 5.21. The molecule has 10 heteroatoms. The van der Waals surface area contributed by atoms with E-state index in [0.29, 0.717) is 29.7 Å². The summed E-state index contributed by atoms with van der Waals surface area (Å²) in [5.41, 5.74) is 6.53. The van der Waals surface area contributed by atoms with Crippen LogP contribution in [-0.2, 0) is 42.3 Å². The van der Waals surface area contributed by atoms with E-state index in [1.54, 1.807) is 20.9 Å². The first-order chi connectivity index (χ1) is 8.51. The van der Waals surface area contributed by atoms with Gasteiger partial charge in [-0.15, -0.1) is 0 Å². The van der Waals surface area contributed by atoms with Gasteiger partial charge in [0.25, 0.3) is 0 Å². The molecule has 0 aliphatic rings. The Hall–Kier alpha value is -0.801. The largest absolute Gasteiger partial charge is 2.00 e. The summed E-state index contributed by atoms with van der Waals surface area (Å²) in [6, 6.07) is 0. The number of nitrogens with zero attached hydrogens (tertiary/aromatic N) is 4. The van der Waals surface area contributed by atoms with Crippen LogP contribution in [0.4, 0.5) is 0 Å². The number of hydrogen-bond acceptors (Lipinski definition) is 7. The number of hydrogen-bond donors (Lipinski definition) is 3. The van der Waals surface area contributed by atoms with E-state index in [2.05, 4.69) is 31.0 Å². The van der Waals surface area contributed by atoms with Gasteiger partial charge in [-0.3, -0.25) is 0 Å². The first-order valence-corrected chi connectivity index (χ1v) is 6.03. The summed E-state index contributed by atoms with van der Waals surface area (Å²) in [6.45, 7) is 4.56. The molecule has 19 heavy (non-hydrogen) atoms. The van der Waals surface area contributed by atoms with Crippen molar-refractivity contribution in [3.8, 4) is 0 Å². The van der Waals surface area contributed by atoms with Gasteiger partial charge in [0.1, 0.15) is 0 Å². The second kappa shape index (κ2) is 12.2. The summed E-state index contributed by atoms with van der Waals surface area (Å²) in [6.07, 6.45) is 0. The van der Waals surface area contributed by atoms with Gasteiger partial charge < -0.3 is 41.6 Å². The average Bonchev–Trinajstić information content (AvgIpc) is 2.38. The van der Waals surface area contributed by atoms with Crippen LogP contribution in [0, 0.1) is 0 Å². The molecule has 0 aromatic rings. The third kappa shape index (κ3) is 10.8. The van der Waals surface area contributed by atoms with Crippen LogP contribution in [-0.4, -0.2) is 41.9 Å². The van der Waals surface area contributed by atoms with Crippen molar-refractivity contribution < 1.29 is 17.1 Å². The van der Waals surface area contributed by atoms with Crippen LogP contribution in [0.2, 0.25) is 0 Å². The van der Waals surface area contributed by atoms with Crippen molar-refractivity contribution in [3.05, 3.63) is 0 Å². The van der Waals surface area contributed by atoms with E-state index in [4.69, 9.17) is 31.0 Å². The quantitative estimate of drug-likeness (QED) is 0.200. The zero-order chi connectivity index (χ0) is 14.0. The third-order valence-corrected chi connectivity index (χ3v) is 2.25. The maximum Gasteiger partial charge on any atom is 2.00 e. The fourth-order valence-electron chi connectivity index (χ4n) is 0.650.